The third kappa shape index (κ3) is 6.49. The molecule has 1 saturated carbocycles. The molecule has 0 saturated heterocycles. The quantitative estimate of drug-likeness (QED) is 0.492. The lowest BCUT2D eigenvalue weighted by atomic mass is 9.72. The fraction of sp³-hybridized carbons (Fsp3) is 0.417. The first-order chi connectivity index (χ1) is 15.5. The van der Waals surface area contributed by atoms with Crippen LogP contribution in [0.25, 0.3) is 0 Å². The number of carbonyl (C=O) groups is 1. The van der Waals surface area contributed by atoms with E-state index >= 15 is 0 Å². The third-order valence-corrected chi connectivity index (χ3v) is 8.23. The van der Waals surface area contributed by atoms with E-state index in [2.05, 4.69) is 31.3 Å². The van der Waals surface area contributed by atoms with Gasteiger partial charge in [-0.25, -0.2) is 13.8 Å². The van der Waals surface area contributed by atoms with Crippen LogP contribution >= 0.6 is 23.2 Å². The van der Waals surface area contributed by atoms with Crippen molar-refractivity contribution in [3.8, 4) is 0 Å². The molecule has 6 nitrogen and oxygen atoms in total. The maximum absolute atomic E-state index is 13.4. The molecule has 2 aromatic rings. The van der Waals surface area contributed by atoms with E-state index in [9.17, 15) is 13.2 Å². The summed E-state index contributed by atoms with van der Waals surface area (Å²) in [6, 6.07) is 12.4. The zero-order valence-electron chi connectivity index (χ0n) is 19.0. The SMILES string of the molecule is CC(C)(C)C1CCC(=NNC(=O)CN(c2ccc(Cl)cc2Cl)S(=O)(=O)c2ccccc2)CC1. The van der Waals surface area contributed by atoms with Gasteiger partial charge in [0, 0.05) is 10.7 Å². The molecule has 0 atom stereocenters. The van der Waals surface area contributed by atoms with Crippen LogP contribution in [-0.4, -0.2) is 26.6 Å². The minimum Gasteiger partial charge on any atom is -0.271 e. The summed E-state index contributed by atoms with van der Waals surface area (Å²) in [4.78, 5) is 12.8. The van der Waals surface area contributed by atoms with Crippen molar-refractivity contribution in [3.05, 3.63) is 58.6 Å². The van der Waals surface area contributed by atoms with Gasteiger partial charge in [-0.2, -0.15) is 5.10 Å². The highest BCUT2D eigenvalue weighted by atomic mass is 35.5. The van der Waals surface area contributed by atoms with Gasteiger partial charge in [-0.1, -0.05) is 62.2 Å². The minimum atomic E-state index is -4.05. The molecule has 0 aliphatic heterocycles. The number of amides is 1. The highest BCUT2D eigenvalue weighted by Gasteiger charge is 2.30. The number of benzene rings is 2. The Bertz CT molecular complexity index is 1120. The van der Waals surface area contributed by atoms with Crippen molar-refractivity contribution >= 4 is 50.5 Å². The third-order valence-electron chi connectivity index (χ3n) is 5.92. The average Bonchev–Trinajstić information content (AvgIpc) is 2.77. The Hall–Kier alpha value is -2.09. The van der Waals surface area contributed by atoms with Gasteiger partial charge in [-0.15, -0.1) is 0 Å². The lowest BCUT2D eigenvalue weighted by Gasteiger charge is -2.34. The highest BCUT2D eigenvalue weighted by molar-refractivity contribution is 7.92. The molecule has 1 N–H and O–H groups in total. The van der Waals surface area contributed by atoms with Crippen LogP contribution in [0.2, 0.25) is 10.0 Å². The molecule has 1 aliphatic rings. The van der Waals surface area contributed by atoms with E-state index in [4.69, 9.17) is 23.2 Å². The normalized spacial score (nSPS) is 16.9. The van der Waals surface area contributed by atoms with Crippen LogP contribution in [0.3, 0.4) is 0 Å². The van der Waals surface area contributed by atoms with Gasteiger partial charge in [0.1, 0.15) is 6.54 Å². The molecule has 3 rings (SSSR count). The Morgan fingerprint density at radius 3 is 2.30 bits per heavy atom. The summed E-state index contributed by atoms with van der Waals surface area (Å²) < 4.78 is 27.7. The van der Waals surface area contributed by atoms with E-state index in [0.29, 0.717) is 10.9 Å². The first-order valence-electron chi connectivity index (χ1n) is 10.9. The van der Waals surface area contributed by atoms with Gasteiger partial charge >= 0.3 is 0 Å². The first kappa shape index (κ1) is 25.5. The largest absolute Gasteiger partial charge is 0.271 e. The number of halogens is 2. The van der Waals surface area contributed by atoms with Crippen molar-refractivity contribution in [2.75, 3.05) is 10.8 Å². The number of anilines is 1. The maximum Gasteiger partial charge on any atom is 0.264 e. The van der Waals surface area contributed by atoms with Crippen LogP contribution in [0.1, 0.15) is 46.5 Å². The molecule has 0 heterocycles. The van der Waals surface area contributed by atoms with Crippen LogP contribution in [0.5, 0.6) is 0 Å². The van der Waals surface area contributed by atoms with Crippen LogP contribution in [0.15, 0.2) is 58.5 Å². The van der Waals surface area contributed by atoms with Crippen molar-refractivity contribution in [3.63, 3.8) is 0 Å². The van der Waals surface area contributed by atoms with Crippen molar-refractivity contribution in [1.82, 2.24) is 5.43 Å². The van der Waals surface area contributed by atoms with Gasteiger partial charge in [0.05, 0.1) is 15.6 Å². The summed E-state index contributed by atoms with van der Waals surface area (Å²) in [6.45, 7) is 6.25. The van der Waals surface area contributed by atoms with E-state index in [1.165, 1.54) is 30.3 Å². The van der Waals surface area contributed by atoms with Crippen LogP contribution in [-0.2, 0) is 14.8 Å². The Labute approximate surface area is 206 Å². The topological polar surface area (TPSA) is 78.8 Å². The standard InChI is InChI=1S/C24H29Cl2N3O3S/c1-24(2,3)17-9-12-19(13-10-17)27-28-23(30)16-29(22-14-11-18(25)15-21(22)26)33(31,32)20-7-5-4-6-8-20/h4-8,11,14-15,17H,9-10,12-13,16H2,1-3H3,(H,28,30). The highest BCUT2D eigenvalue weighted by Crippen LogP contribution is 2.37. The fourth-order valence-corrected chi connectivity index (χ4v) is 5.96. The number of hydrazone groups is 1. The molecule has 33 heavy (non-hydrogen) atoms. The second-order valence-corrected chi connectivity index (χ2v) is 12.0. The summed E-state index contributed by atoms with van der Waals surface area (Å²) in [5.41, 5.74) is 3.87. The lowest BCUT2D eigenvalue weighted by molar-refractivity contribution is -0.119. The first-order valence-corrected chi connectivity index (χ1v) is 13.0. The zero-order valence-corrected chi connectivity index (χ0v) is 21.3. The maximum atomic E-state index is 13.4. The van der Waals surface area contributed by atoms with Crippen molar-refractivity contribution in [1.29, 1.82) is 0 Å². The van der Waals surface area contributed by atoms with Gasteiger partial charge in [-0.05, 0) is 67.3 Å². The van der Waals surface area contributed by atoms with E-state index in [-0.39, 0.29) is 21.0 Å². The van der Waals surface area contributed by atoms with Crippen LogP contribution in [0, 0.1) is 11.3 Å². The predicted molar refractivity (Wildman–Crippen MR) is 134 cm³/mol. The summed E-state index contributed by atoms with van der Waals surface area (Å²) in [5.74, 6) is 0.0664. The summed E-state index contributed by atoms with van der Waals surface area (Å²) >= 11 is 12.3. The second-order valence-electron chi connectivity index (χ2n) is 9.27. The van der Waals surface area contributed by atoms with Gasteiger partial charge in [0.25, 0.3) is 15.9 Å². The smallest absolute Gasteiger partial charge is 0.264 e. The Morgan fingerprint density at radius 2 is 1.73 bits per heavy atom. The zero-order chi connectivity index (χ0) is 24.2. The Morgan fingerprint density at radius 1 is 1.09 bits per heavy atom. The van der Waals surface area contributed by atoms with Crippen molar-refractivity contribution in [2.24, 2.45) is 16.4 Å². The molecule has 1 aliphatic carbocycles. The summed E-state index contributed by atoms with van der Waals surface area (Å²) in [6.07, 6.45) is 3.68. The summed E-state index contributed by atoms with van der Waals surface area (Å²) in [5, 5.41) is 4.77. The van der Waals surface area contributed by atoms with Gasteiger partial charge in [-0.3, -0.25) is 9.10 Å². The fourth-order valence-electron chi connectivity index (χ4n) is 3.94. The van der Waals surface area contributed by atoms with Crippen LogP contribution in [0.4, 0.5) is 5.69 Å². The number of hydrogen-bond acceptors (Lipinski definition) is 4. The molecule has 0 aromatic heterocycles. The van der Waals surface area contributed by atoms with Gasteiger partial charge in [0.2, 0.25) is 0 Å². The van der Waals surface area contributed by atoms with Gasteiger partial charge in [0.15, 0.2) is 0 Å². The molecule has 9 heteroatoms. The molecule has 0 radical (unpaired) electrons. The molecular weight excluding hydrogens is 481 g/mol. The molecule has 178 valence electrons. The second kappa shape index (κ2) is 10.5. The Kier molecular flexibility index (Phi) is 8.08. The molecule has 1 fully saturated rings. The number of sulfonamides is 1. The monoisotopic (exact) mass is 509 g/mol. The van der Waals surface area contributed by atoms with E-state index in [0.717, 1.165) is 35.7 Å². The van der Waals surface area contributed by atoms with E-state index in [1.807, 2.05) is 0 Å². The Balaban J connectivity index is 1.79. The number of nitrogens with zero attached hydrogens (tertiary/aromatic N) is 2. The molecule has 1 amide bonds. The van der Waals surface area contributed by atoms with E-state index in [1.54, 1.807) is 18.2 Å². The van der Waals surface area contributed by atoms with Crippen molar-refractivity contribution in [2.45, 2.75) is 51.3 Å². The summed E-state index contributed by atoms with van der Waals surface area (Å²) in [7, 11) is -4.05. The number of rotatable bonds is 6. The minimum absolute atomic E-state index is 0.0515. The average molecular weight is 510 g/mol. The van der Waals surface area contributed by atoms with Gasteiger partial charge < -0.3 is 0 Å². The number of carbonyl (C=O) groups excluding carboxylic acids is 1. The van der Waals surface area contributed by atoms with E-state index < -0.39 is 22.5 Å². The molecular formula is C24H29Cl2N3O3S. The van der Waals surface area contributed by atoms with Crippen LogP contribution < -0.4 is 9.73 Å². The molecule has 0 bridgehead atoms. The lowest BCUT2D eigenvalue weighted by Crippen LogP contribution is -2.40. The molecule has 2 aromatic carbocycles. The molecule has 0 unspecified atom stereocenters. The predicted octanol–water partition coefficient (Wildman–Crippen LogP) is 5.90. The molecule has 0 spiro atoms. The van der Waals surface area contributed by atoms with Crippen molar-refractivity contribution < 1.29 is 13.2 Å². The number of hydrogen-bond donors (Lipinski definition) is 1. The number of nitrogens with one attached hydrogen (secondary N) is 1.